The van der Waals surface area contributed by atoms with E-state index in [9.17, 15) is 18.0 Å². The van der Waals surface area contributed by atoms with Crippen molar-refractivity contribution in [2.75, 3.05) is 7.11 Å². The number of halogens is 4. The first-order valence-electron chi connectivity index (χ1n) is 8.41. The third kappa shape index (κ3) is 4.35. The zero-order chi connectivity index (χ0) is 19.6. The van der Waals surface area contributed by atoms with Crippen LogP contribution in [0.2, 0.25) is 5.02 Å². The van der Waals surface area contributed by atoms with Crippen LogP contribution in [-0.2, 0) is 10.9 Å². The third-order valence-electron chi connectivity index (χ3n) is 4.44. The van der Waals surface area contributed by atoms with Gasteiger partial charge < -0.3 is 9.47 Å². The average molecular weight is 400 g/mol. The SMILES string of the molecule is COC(=O)c1cnc(OC2CCCC2)c(-c2cc(C(F)(F)F)ccc2Cl)c1. The number of carbonyl (C=O) groups is 1. The molecule has 0 bridgehead atoms. The number of ether oxygens (including phenoxy) is 2. The zero-order valence-corrected chi connectivity index (χ0v) is 15.2. The predicted molar refractivity (Wildman–Crippen MR) is 93.9 cm³/mol. The van der Waals surface area contributed by atoms with Gasteiger partial charge in [-0.1, -0.05) is 11.6 Å². The Labute approximate surface area is 159 Å². The Morgan fingerprint density at radius 2 is 1.89 bits per heavy atom. The molecule has 0 amide bonds. The summed E-state index contributed by atoms with van der Waals surface area (Å²) in [6, 6.07) is 4.40. The fraction of sp³-hybridized carbons (Fsp3) is 0.368. The molecule has 1 fully saturated rings. The van der Waals surface area contributed by atoms with Gasteiger partial charge in [-0.15, -0.1) is 0 Å². The molecular weight excluding hydrogens is 383 g/mol. The van der Waals surface area contributed by atoms with Crippen LogP contribution in [0.5, 0.6) is 5.88 Å². The highest BCUT2D eigenvalue weighted by Gasteiger charge is 2.32. The second-order valence-corrected chi connectivity index (χ2v) is 6.69. The fourth-order valence-electron chi connectivity index (χ4n) is 3.04. The number of nitrogens with zero attached hydrogens (tertiary/aromatic N) is 1. The number of esters is 1. The Kier molecular flexibility index (Phi) is 5.60. The van der Waals surface area contributed by atoms with E-state index < -0.39 is 17.7 Å². The fourth-order valence-corrected chi connectivity index (χ4v) is 3.26. The number of alkyl halides is 3. The van der Waals surface area contributed by atoms with Crippen molar-refractivity contribution in [2.24, 2.45) is 0 Å². The Morgan fingerprint density at radius 1 is 1.19 bits per heavy atom. The summed E-state index contributed by atoms with van der Waals surface area (Å²) in [5, 5.41) is 0.100. The molecule has 0 saturated heterocycles. The van der Waals surface area contributed by atoms with Gasteiger partial charge >= 0.3 is 12.1 Å². The monoisotopic (exact) mass is 399 g/mol. The molecule has 1 saturated carbocycles. The van der Waals surface area contributed by atoms with Gasteiger partial charge in [0.15, 0.2) is 0 Å². The molecule has 0 spiro atoms. The quantitative estimate of drug-likeness (QED) is 0.634. The molecule has 0 aliphatic heterocycles. The second kappa shape index (κ2) is 7.76. The van der Waals surface area contributed by atoms with Crippen LogP contribution in [0, 0.1) is 0 Å². The second-order valence-electron chi connectivity index (χ2n) is 6.28. The maximum Gasteiger partial charge on any atom is 0.416 e. The number of rotatable bonds is 4. The van der Waals surface area contributed by atoms with Gasteiger partial charge in [-0.25, -0.2) is 9.78 Å². The highest BCUT2D eigenvalue weighted by Crippen LogP contribution is 2.40. The van der Waals surface area contributed by atoms with Gasteiger partial charge in [-0.05, 0) is 49.9 Å². The first-order chi connectivity index (χ1) is 12.8. The van der Waals surface area contributed by atoms with Crippen molar-refractivity contribution >= 4 is 17.6 Å². The lowest BCUT2D eigenvalue weighted by Crippen LogP contribution is -2.13. The van der Waals surface area contributed by atoms with E-state index >= 15 is 0 Å². The number of methoxy groups -OCH3 is 1. The van der Waals surface area contributed by atoms with Gasteiger partial charge in [0, 0.05) is 22.3 Å². The molecule has 1 aromatic heterocycles. The van der Waals surface area contributed by atoms with Crippen LogP contribution in [0.15, 0.2) is 30.5 Å². The van der Waals surface area contributed by atoms with E-state index in [-0.39, 0.29) is 33.7 Å². The number of hydrogen-bond acceptors (Lipinski definition) is 4. The van der Waals surface area contributed by atoms with E-state index in [1.54, 1.807) is 0 Å². The summed E-state index contributed by atoms with van der Waals surface area (Å²) in [5.41, 5.74) is -0.435. The van der Waals surface area contributed by atoms with E-state index in [1.165, 1.54) is 25.4 Å². The smallest absolute Gasteiger partial charge is 0.416 e. The Morgan fingerprint density at radius 3 is 2.52 bits per heavy atom. The lowest BCUT2D eigenvalue weighted by molar-refractivity contribution is -0.137. The van der Waals surface area contributed by atoms with E-state index in [0.717, 1.165) is 37.8 Å². The minimum Gasteiger partial charge on any atom is -0.474 e. The lowest BCUT2D eigenvalue weighted by atomic mass is 10.0. The van der Waals surface area contributed by atoms with Crippen molar-refractivity contribution in [1.29, 1.82) is 0 Å². The van der Waals surface area contributed by atoms with Gasteiger partial charge in [0.1, 0.15) is 6.10 Å². The average Bonchev–Trinajstić information content (AvgIpc) is 3.14. The summed E-state index contributed by atoms with van der Waals surface area (Å²) in [6.07, 6.45) is 0.409. The molecule has 3 rings (SSSR count). The van der Waals surface area contributed by atoms with Crippen LogP contribution in [-0.4, -0.2) is 24.2 Å². The van der Waals surface area contributed by atoms with Crippen LogP contribution >= 0.6 is 11.6 Å². The van der Waals surface area contributed by atoms with Gasteiger partial charge in [0.2, 0.25) is 5.88 Å². The molecule has 0 N–H and O–H groups in total. The molecule has 4 nitrogen and oxygen atoms in total. The van der Waals surface area contributed by atoms with Crippen molar-refractivity contribution < 1.29 is 27.4 Å². The standard InChI is InChI=1S/C19H17ClF3NO3/c1-26-18(25)11-8-15(17(24-10-11)27-13-4-2-3-5-13)14-9-12(19(21,22)23)6-7-16(14)20/h6-10,13H,2-5H2,1H3. The number of benzene rings is 1. The van der Waals surface area contributed by atoms with Crippen LogP contribution in [0.25, 0.3) is 11.1 Å². The van der Waals surface area contributed by atoms with E-state index in [0.29, 0.717) is 0 Å². The highest BCUT2D eigenvalue weighted by molar-refractivity contribution is 6.33. The molecule has 0 unspecified atom stereocenters. The van der Waals surface area contributed by atoms with E-state index in [1.807, 2.05) is 0 Å². The molecule has 1 aliphatic rings. The lowest BCUT2D eigenvalue weighted by Gasteiger charge is -2.17. The van der Waals surface area contributed by atoms with Crippen LogP contribution in [0.4, 0.5) is 13.2 Å². The van der Waals surface area contributed by atoms with Crippen LogP contribution in [0.1, 0.15) is 41.6 Å². The van der Waals surface area contributed by atoms with Crippen molar-refractivity contribution in [3.63, 3.8) is 0 Å². The minimum absolute atomic E-state index is 0.0650. The molecule has 1 aliphatic carbocycles. The zero-order valence-electron chi connectivity index (χ0n) is 14.5. The molecule has 27 heavy (non-hydrogen) atoms. The molecular formula is C19H17ClF3NO3. The maximum absolute atomic E-state index is 13.1. The minimum atomic E-state index is -4.53. The normalized spacial score (nSPS) is 15.0. The molecule has 0 atom stereocenters. The third-order valence-corrected chi connectivity index (χ3v) is 4.77. The Bertz CT molecular complexity index is 849. The number of pyridine rings is 1. The molecule has 1 heterocycles. The summed E-state index contributed by atoms with van der Waals surface area (Å²) in [5.74, 6) is -0.505. The van der Waals surface area contributed by atoms with Gasteiger partial charge in [-0.2, -0.15) is 13.2 Å². The van der Waals surface area contributed by atoms with Gasteiger partial charge in [0.25, 0.3) is 0 Å². The summed E-state index contributed by atoms with van der Waals surface area (Å²) in [4.78, 5) is 16.0. The topological polar surface area (TPSA) is 48.4 Å². The summed E-state index contributed by atoms with van der Waals surface area (Å²) in [6.45, 7) is 0. The number of carbonyl (C=O) groups excluding carboxylic acids is 1. The molecule has 2 aromatic rings. The van der Waals surface area contributed by atoms with Gasteiger partial charge in [0.05, 0.1) is 18.2 Å². The van der Waals surface area contributed by atoms with Crippen LogP contribution in [0.3, 0.4) is 0 Å². The number of hydrogen-bond donors (Lipinski definition) is 0. The largest absolute Gasteiger partial charge is 0.474 e. The number of aromatic nitrogens is 1. The van der Waals surface area contributed by atoms with Gasteiger partial charge in [-0.3, -0.25) is 0 Å². The maximum atomic E-state index is 13.1. The van der Waals surface area contributed by atoms with Crippen molar-refractivity contribution in [3.05, 3.63) is 46.6 Å². The van der Waals surface area contributed by atoms with E-state index in [4.69, 9.17) is 16.3 Å². The Hall–Kier alpha value is -2.28. The summed E-state index contributed by atoms with van der Waals surface area (Å²) < 4.78 is 50.0. The van der Waals surface area contributed by atoms with Crippen molar-refractivity contribution in [3.8, 4) is 17.0 Å². The predicted octanol–water partition coefficient (Wildman–Crippen LogP) is 5.53. The summed E-state index contributed by atoms with van der Waals surface area (Å²) >= 11 is 6.17. The van der Waals surface area contributed by atoms with Crippen molar-refractivity contribution in [1.82, 2.24) is 4.98 Å². The van der Waals surface area contributed by atoms with Crippen LogP contribution < -0.4 is 4.74 Å². The Balaban J connectivity index is 2.11. The molecule has 8 heteroatoms. The molecule has 144 valence electrons. The molecule has 0 radical (unpaired) electrons. The first kappa shape index (κ1) is 19.5. The first-order valence-corrected chi connectivity index (χ1v) is 8.79. The summed E-state index contributed by atoms with van der Waals surface area (Å²) in [7, 11) is 1.21. The van der Waals surface area contributed by atoms with E-state index in [2.05, 4.69) is 9.72 Å². The molecule has 1 aromatic carbocycles. The highest BCUT2D eigenvalue weighted by atomic mass is 35.5. The van der Waals surface area contributed by atoms with Crippen molar-refractivity contribution in [2.45, 2.75) is 38.0 Å².